The Kier molecular flexibility index (Phi) is 5.89. The molecule has 0 fully saturated rings. The minimum Gasteiger partial charge on any atom is -0.423 e. The van der Waals surface area contributed by atoms with E-state index in [4.69, 9.17) is 9.84 Å². The van der Waals surface area contributed by atoms with Crippen molar-refractivity contribution in [2.75, 3.05) is 6.61 Å². The second-order valence-electron chi connectivity index (χ2n) is 5.55. The van der Waals surface area contributed by atoms with Gasteiger partial charge in [0.1, 0.15) is 5.75 Å². The van der Waals surface area contributed by atoms with Crippen LogP contribution in [-0.2, 0) is 15.7 Å². The molecule has 0 saturated heterocycles. The minimum atomic E-state index is -0.620. The van der Waals surface area contributed by atoms with Crippen molar-refractivity contribution >= 4 is 16.9 Å². The van der Waals surface area contributed by atoms with Crippen molar-refractivity contribution in [2.45, 2.75) is 14.7 Å². The topological polar surface area (TPSA) is 46.5 Å². The Morgan fingerprint density at radius 2 is 1.27 bits per heavy atom. The Morgan fingerprint density at radius 3 is 1.73 bits per heavy atom. The number of ether oxygens (including phenoxy) is 1. The van der Waals surface area contributed by atoms with Crippen molar-refractivity contribution in [3.63, 3.8) is 0 Å². The first kappa shape index (κ1) is 18.0. The summed E-state index contributed by atoms with van der Waals surface area (Å²) in [5.74, 6) is -0.191. The molecule has 3 aromatic rings. The molecule has 0 spiro atoms. The highest BCUT2D eigenvalue weighted by Gasteiger charge is 2.28. The number of carbonyl (C=O) groups excluding carboxylic acids is 1. The van der Waals surface area contributed by atoms with E-state index in [1.54, 1.807) is 12.1 Å². The minimum absolute atomic E-state index is 0.0300. The number of hydrogen-bond donors (Lipinski definition) is 1. The van der Waals surface area contributed by atoms with Crippen LogP contribution in [0.3, 0.4) is 0 Å². The number of carbonyl (C=O) groups is 1. The Morgan fingerprint density at radius 1 is 0.808 bits per heavy atom. The van der Waals surface area contributed by atoms with Gasteiger partial charge in [0, 0.05) is 0 Å². The summed E-state index contributed by atoms with van der Waals surface area (Å²) in [6, 6.07) is 28.1. The van der Waals surface area contributed by atoms with Crippen LogP contribution in [0.4, 0.5) is 0 Å². The molecule has 0 aliphatic carbocycles. The van der Waals surface area contributed by atoms with Crippen LogP contribution in [0.5, 0.6) is 5.75 Å². The standard InChI is InChI=1S/C22H19O3S/c1-17(16-23)22(24)25-18-12-14-21(15-13-18)26(19-8-4-2-5-9-19)20-10-6-3-7-11-20/h2-15,23H,1,16H2/q+1. The van der Waals surface area contributed by atoms with Gasteiger partial charge < -0.3 is 9.84 Å². The molecule has 0 aromatic heterocycles. The van der Waals surface area contributed by atoms with Crippen molar-refractivity contribution in [3.05, 3.63) is 97.1 Å². The first-order valence-electron chi connectivity index (χ1n) is 8.14. The van der Waals surface area contributed by atoms with Gasteiger partial charge in [-0.1, -0.05) is 43.0 Å². The van der Waals surface area contributed by atoms with Crippen LogP contribution < -0.4 is 4.74 Å². The molecule has 0 heterocycles. The average Bonchev–Trinajstić information content (AvgIpc) is 2.70. The first-order valence-corrected chi connectivity index (χ1v) is 9.37. The zero-order valence-electron chi connectivity index (χ0n) is 14.2. The van der Waals surface area contributed by atoms with Crippen LogP contribution >= 0.6 is 0 Å². The van der Waals surface area contributed by atoms with Crippen LogP contribution in [0.15, 0.2) is 112 Å². The van der Waals surface area contributed by atoms with Gasteiger partial charge in [0.15, 0.2) is 14.7 Å². The van der Waals surface area contributed by atoms with Crippen molar-refractivity contribution in [2.24, 2.45) is 0 Å². The fourth-order valence-electron chi connectivity index (χ4n) is 2.41. The molecule has 0 atom stereocenters. The Balaban J connectivity index is 1.91. The van der Waals surface area contributed by atoms with E-state index in [1.165, 1.54) is 9.79 Å². The third kappa shape index (κ3) is 4.23. The number of rotatable bonds is 6. The molecule has 0 aliphatic rings. The largest absolute Gasteiger partial charge is 0.423 e. The van der Waals surface area contributed by atoms with Crippen molar-refractivity contribution in [3.8, 4) is 5.75 Å². The lowest BCUT2D eigenvalue weighted by molar-refractivity contribution is -0.130. The molecule has 0 saturated carbocycles. The molecule has 3 rings (SSSR count). The van der Waals surface area contributed by atoms with E-state index >= 15 is 0 Å². The Labute approximate surface area is 155 Å². The van der Waals surface area contributed by atoms with Gasteiger partial charge in [-0.05, 0) is 48.5 Å². The van der Waals surface area contributed by atoms with E-state index in [9.17, 15) is 4.79 Å². The Hall–Kier alpha value is -2.82. The predicted octanol–water partition coefficient (Wildman–Crippen LogP) is 4.24. The van der Waals surface area contributed by atoms with Crippen LogP contribution in [0.1, 0.15) is 0 Å². The van der Waals surface area contributed by atoms with Gasteiger partial charge in [0.25, 0.3) is 0 Å². The van der Waals surface area contributed by atoms with Gasteiger partial charge in [-0.2, -0.15) is 0 Å². The normalized spacial score (nSPS) is 10.5. The quantitative estimate of drug-likeness (QED) is 0.308. The SMILES string of the molecule is C=C(CO)C(=O)Oc1ccc([S+](c2ccccc2)c2ccccc2)cc1. The zero-order chi connectivity index (χ0) is 18.4. The van der Waals surface area contributed by atoms with E-state index in [-0.39, 0.29) is 16.5 Å². The smallest absolute Gasteiger partial charge is 0.341 e. The molecule has 1 N–H and O–H groups in total. The van der Waals surface area contributed by atoms with E-state index in [0.29, 0.717) is 5.75 Å². The van der Waals surface area contributed by atoms with E-state index in [2.05, 4.69) is 30.8 Å². The number of hydrogen-bond acceptors (Lipinski definition) is 3. The molecular formula is C22H19O3S+. The van der Waals surface area contributed by atoms with E-state index in [1.807, 2.05) is 48.5 Å². The molecule has 0 bridgehead atoms. The second kappa shape index (κ2) is 8.52. The van der Waals surface area contributed by atoms with E-state index in [0.717, 1.165) is 4.90 Å². The highest BCUT2D eigenvalue weighted by Crippen LogP contribution is 2.31. The van der Waals surface area contributed by atoms with Crippen LogP contribution in [0.2, 0.25) is 0 Å². The maximum absolute atomic E-state index is 11.7. The maximum atomic E-state index is 11.7. The Bertz CT molecular complexity index is 835. The molecular weight excluding hydrogens is 344 g/mol. The lowest BCUT2D eigenvalue weighted by Crippen LogP contribution is -2.13. The van der Waals surface area contributed by atoms with E-state index < -0.39 is 12.6 Å². The first-order chi connectivity index (χ1) is 12.7. The third-order valence-electron chi connectivity index (χ3n) is 3.71. The highest BCUT2D eigenvalue weighted by atomic mass is 32.2. The molecule has 3 aromatic carbocycles. The van der Waals surface area contributed by atoms with Gasteiger partial charge >= 0.3 is 5.97 Å². The number of benzene rings is 3. The monoisotopic (exact) mass is 363 g/mol. The summed E-state index contributed by atoms with van der Waals surface area (Å²) >= 11 is 0. The molecule has 0 unspecified atom stereocenters. The summed E-state index contributed by atoms with van der Waals surface area (Å²) in [5, 5.41) is 8.95. The number of esters is 1. The lowest BCUT2D eigenvalue weighted by Gasteiger charge is -2.09. The molecule has 130 valence electrons. The zero-order valence-corrected chi connectivity index (χ0v) is 15.0. The number of aliphatic hydroxyl groups is 1. The van der Waals surface area contributed by atoms with Gasteiger partial charge in [-0.25, -0.2) is 4.79 Å². The van der Waals surface area contributed by atoms with Crippen LogP contribution in [-0.4, -0.2) is 17.7 Å². The highest BCUT2D eigenvalue weighted by molar-refractivity contribution is 7.97. The average molecular weight is 363 g/mol. The predicted molar refractivity (Wildman–Crippen MR) is 103 cm³/mol. The summed E-state index contributed by atoms with van der Waals surface area (Å²) < 4.78 is 5.22. The van der Waals surface area contributed by atoms with Gasteiger partial charge in [0.05, 0.1) is 23.1 Å². The summed E-state index contributed by atoms with van der Waals surface area (Å²) in [6.07, 6.45) is 0. The van der Waals surface area contributed by atoms with Crippen molar-refractivity contribution in [1.29, 1.82) is 0 Å². The lowest BCUT2D eigenvalue weighted by atomic mass is 10.3. The second-order valence-corrected chi connectivity index (χ2v) is 7.58. The fourth-order valence-corrected chi connectivity index (χ4v) is 4.49. The summed E-state index contributed by atoms with van der Waals surface area (Å²) in [6.45, 7) is 3.06. The van der Waals surface area contributed by atoms with Gasteiger partial charge in [-0.15, -0.1) is 0 Å². The van der Waals surface area contributed by atoms with Gasteiger partial charge in [-0.3, -0.25) is 0 Å². The fraction of sp³-hybridized carbons (Fsp3) is 0.0455. The molecule has 0 radical (unpaired) electrons. The van der Waals surface area contributed by atoms with Gasteiger partial charge in [0.2, 0.25) is 0 Å². The summed E-state index contributed by atoms with van der Waals surface area (Å²) in [7, 11) is -0.244. The molecule has 26 heavy (non-hydrogen) atoms. The van der Waals surface area contributed by atoms with Crippen molar-refractivity contribution in [1.82, 2.24) is 0 Å². The van der Waals surface area contributed by atoms with Crippen LogP contribution in [0, 0.1) is 0 Å². The molecule has 0 aliphatic heterocycles. The molecule has 3 nitrogen and oxygen atoms in total. The number of aliphatic hydroxyl groups excluding tert-OH is 1. The van der Waals surface area contributed by atoms with Crippen LogP contribution in [0.25, 0.3) is 0 Å². The summed E-state index contributed by atoms with van der Waals surface area (Å²) in [5.41, 5.74) is 0.0300. The maximum Gasteiger partial charge on any atom is 0.341 e. The summed E-state index contributed by atoms with van der Waals surface area (Å²) in [4.78, 5) is 15.3. The molecule has 0 amide bonds. The molecule has 4 heteroatoms. The van der Waals surface area contributed by atoms with Crippen molar-refractivity contribution < 1.29 is 14.6 Å². The third-order valence-corrected chi connectivity index (χ3v) is 5.94.